The topological polar surface area (TPSA) is 62.3 Å². The van der Waals surface area contributed by atoms with E-state index in [1.54, 1.807) is 24.4 Å². The maximum Gasteiger partial charge on any atom is 0.263 e. The molecule has 27 heavy (non-hydrogen) atoms. The largest absolute Gasteiger partial charge is 0.370 e. The van der Waals surface area contributed by atoms with Gasteiger partial charge in [-0.3, -0.25) is 4.72 Å². The highest BCUT2D eigenvalue weighted by Crippen LogP contribution is 2.25. The molecule has 0 unspecified atom stereocenters. The van der Waals surface area contributed by atoms with Crippen molar-refractivity contribution in [2.45, 2.75) is 56.8 Å². The molecular weight excluding hydrogens is 358 g/mol. The third-order valence-electron chi connectivity index (χ3n) is 4.99. The van der Waals surface area contributed by atoms with Crippen molar-refractivity contribution in [3.8, 4) is 0 Å². The number of nitrogens with one attached hydrogen (secondary N) is 1. The normalized spacial score (nSPS) is 16.0. The van der Waals surface area contributed by atoms with Crippen molar-refractivity contribution in [2.75, 3.05) is 22.7 Å². The molecule has 1 aromatic heterocycles. The predicted octanol–water partition coefficient (Wildman–Crippen LogP) is 4.56. The number of hydrogen-bond donors (Lipinski definition) is 1. The Bertz CT molecular complexity index is 846. The number of aromatic nitrogens is 1. The second-order valence-corrected chi connectivity index (χ2v) is 9.87. The molecule has 1 fully saturated rings. The minimum absolute atomic E-state index is 0.0135. The van der Waals surface area contributed by atoms with Crippen molar-refractivity contribution in [3.05, 3.63) is 48.2 Å². The van der Waals surface area contributed by atoms with Crippen LogP contribution in [0.25, 0.3) is 0 Å². The van der Waals surface area contributed by atoms with Crippen molar-refractivity contribution in [1.29, 1.82) is 0 Å². The molecule has 1 N–H and O–H groups in total. The van der Waals surface area contributed by atoms with E-state index in [-0.39, 0.29) is 10.3 Å². The van der Waals surface area contributed by atoms with Gasteiger partial charge in [0.1, 0.15) is 5.82 Å². The SMILES string of the molecule is CC(C)(C)c1ccc(S(=O)(=O)Nc2ccc(N3CCCCCC3)cn2)cc1. The van der Waals surface area contributed by atoms with Gasteiger partial charge in [-0.1, -0.05) is 45.7 Å². The van der Waals surface area contributed by atoms with Gasteiger partial charge in [-0.05, 0) is 48.1 Å². The number of benzene rings is 1. The molecule has 0 atom stereocenters. The zero-order valence-electron chi connectivity index (χ0n) is 16.4. The highest BCUT2D eigenvalue weighted by molar-refractivity contribution is 7.92. The molecule has 0 spiro atoms. The van der Waals surface area contributed by atoms with Crippen LogP contribution in [0.1, 0.15) is 52.0 Å². The van der Waals surface area contributed by atoms with Crippen LogP contribution in [0.15, 0.2) is 47.5 Å². The number of pyridine rings is 1. The van der Waals surface area contributed by atoms with Gasteiger partial charge >= 0.3 is 0 Å². The van der Waals surface area contributed by atoms with Gasteiger partial charge in [0.05, 0.1) is 16.8 Å². The average Bonchev–Trinajstić information content (AvgIpc) is 2.91. The number of sulfonamides is 1. The van der Waals surface area contributed by atoms with Crippen molar-refractivity contribution >= 4 is 21.5 Å². The summed E-state index contributed by atoms with van der Waals surface area (Å²) in [6.07, 6.45) is 6.69. The van der Waals surface area contributed by atoms with Crippen LogP contribution in [0.3, 0.4) is 0 Å². The molecule has 2 heterocycles. The highest BCUT2D eigenvalue weighted by Gasteiger charge is 2.18. The highest BCUT2D eigenvalue weighted by atomic mass is 32.2. The fourth-order valence-corrected chi connectivity index (χ4v) is 4.30. The molecule has 1 aromatic carbocycles. The monoisotopic (exact) mass is 387 g/mol. The first kappa shape index (κ1) is 19.7. The number of nitrogens with zero attached hydrogens (tertiary/aromatic N) is 2. The van der Waals surface area contributed by atoms with E-state index in [4.69, 9.17) is 0 Å². The third-order valence-corrected chi connectivity index (χ3v) is 6.36. The molecule has 1 saturated heterocycles. The van der Waals surface area contributed by atoms with E-state index in [9.17, 15) is 8.42 Å². The summed E-state index contributed by atoms with van der Waals surface area (Å²) in [5.41, 5.74) is 2.14. The first-order valence-electron chi connectivity index (χ1n) is 9.60. The van der Waals surface area contributed by atoms with Gasteiger partial charge in [-0.15, -0.1) is 0 Å². The third kappa shape index (κ3) is 5.01. The van der Waals surface area contributed by atoms with E-state index < -0.39 is 10.0 Å². The Morgan fingerprint density at radius 1 is 0.926 bits per heavy atom. The quantitative estimate of drug-likeness (QED) is 0.835. The zero-order valence-corrected chi connectivity index (χ0v) is 17.2. The minimum atomic E-state index is -3.65. The molecule has 1 aliphatic heterocycles. The standard InChI is InChI=1S/C21H29N3O2S/c1-21(2,3)17-8-11-19(12-9-17)27(25,26)23-20-13-10-18(16-22-20)24-14-6-4-5-7-15-24/h8-13,16H,4-7,14-15H2,1-3H3,(H,22,23). The lowest BCUT2D eigenvalue weighted by molar-refractivity contribution is 0.587. The molecule has 1 aliphatic rings. The molecule has 5 nitrogen and oxygen atoms in total. The van der Waals surface area contributed by atoms with Gasteiger partial charge in [0.25, 0.3) is 10.0 Å². The molecule has 0 radical (unpaired) electrons. The molecule has 6 heteroatoms. The van der Waals surface area contributed by atoms with Crippen LogP contribution < -0.4 is 9.62 Å². The Morgan fingerprint density at radius 2 is 1.56 bits per heavy atom. The maximum absolute atomic E-state index is 12.6. The molecule has 146 valence electrons. The Morgan fingerprint density at radius 3 is 2.07 bits per heavy atom. The van der Waals surface area contributed by atoms with Gasteiger partial charge in [-0.2, -0.15) is 0 Å². The summed E-state index contributed by atoms with van der Waals surface area (Å²) in [5, 5.41) is 0. The maximum atomic E-state index is 12.6. The summed E-state index contributed by atoms with van der Waals surface area (Å²) >= 11 is 0. The zero-order chi connectivity index (χ0) is 19.5. The van der Waals surface area contributed by atoms with Crippen LogP contribution in [0.5, 0.6) is 0 Å². The summed E-state index contributed by atoms with van der Waals surface area (Å²) in [6, 6.07) is 10.7. The van der Waals surface area contributed by atoms with E-state index in [0.717, 1.165) is 24.3 Å². The van der Waals surface area contributed by atoms with Gasteiger partial charge in [0.2, 0.25) is 0 Å². The number of anilines is 2. The second-order valence-electron chi connectivity index (χ2n) is 8.18. The molecule has 0 saturated carbocycles. The summed E-state index contributed by atoms with van der Waals surface area (Å²) in [5.74, 6) is 0.341. The Hall–Kier alpha value is -2.08. The van der Waals surface area contributed by atoms with Crippen LogP contribution in [-0.4, -0.2) is 26.5 Å². The Labute approximate surface area is 162 Å². The van der Waals surface area contributed by atoms with Crippen LogP contribution in [0, 0.1) is 0 Å². The Kier molecular flexibility index (Phi) is 5.75. The number of rotatable bonds is 4. The van der Waals surface area contributed by atoms with Crippen LogP contribution in [0.2, 0.25) is 0 Å². The van der Waals surface area contributed by atoms with Gasteiger partial charge in [0.15, 0.2) is 0 Å². The van der Waals surface area contributed by atoms with Crippen LogP contribution in [-0.2, 0) is 15.4 Å². The van der Waals surface area contributed by atoms with Gasteiger partial charge in [0, 0.05) is 13.1 Å². The predicted molar refractivity (Wildman–Crippen MR) is 111 cm³/mol. The van der Waals surface area contributed by atoms with Gasteiger partial charge < -0.3 is 4.90 Å². The average molecular weight is 388 g/mol. The van der Waals surface area contributed by atoms with Gasteiger partial charge in [-0.25, -0.2) is 13.4 Å². The molecule has 0 aliphatic carbocycles. The molecule has 0 bridgehead atoms. The van der Waals surface area contributed by atoms with Crippen molar-refractivity contribution in [3.63, 3.8) is 0 Å². The van der Waals surface area contributed by atoms with E-state index in [1.807, 2.05) is 18.2 Å². The van der Waals surface area contributed by atoms with E-state index in [0.29, 0.717) is 5.82 Å². The van der Waals surface area contributed by atoms with Crippen molar-refractivity contribution < 1.29 is 8.42 Å². The molecule has 0 amide bonds. The van der Waals surface area contributed by atoms with Crippen molar-refractivity contribution in [2.24, 2.45) is 0 Å². The summed E-state index contributed by atoms with van der Waals surface area (Å²) in [7, 11) is -3.65. The Balaban J connectivity index is 1.72. The van der Waals surface area contributed by atoms with Crippen molar-refractivity contribution in [1.82, 2.24) is 4.98 Å². The minimum Gasteiger partial charge on any atom is -0.370 e. The fraction of sp³-hybridized carbons (Fsp3) is 0.476. The smallest absolute Gasteiger partial charge is 0.263 e. The number of hydrogen-bond acceptors (Lipinski definition) is 4. The lowest BCUT2D eigenvalue weighted by Crippen LogP contribution is -2.24. The lowest BCUT2D eigenvalue weighted by Gasteiger charge is -2.22. The van der Waals surface area contributed by atoms with E-state index in [2.05, 4.69) is 35.4 Å². The summed E-state index contributed by atoms with van der Waals surface area (Å²) < 4.78 is 27.8. The first-order valence-corrected chi connectivity index (χ1v) is 11.1. The fourth-order valence-electron chi connectivity index (χ4n) is 3.29. The lowest BCUT2D eigenvalue weighted by atomic mass is 9.87. The van der Waals surface area contributed by atoms with Crippen LogP contribution >= 0.6 is 0 Å². The summed E-state index contributed by atoms with van der Waals surface area (Å²) in [4.78, 5) is 6.89. The second kappa shape index (κ2) is 7.89. The summed E-state index contributed by atoms with van der Waals surface area (Å²) in [6.45, 7) is 8.37. The molecular formula is C21H29N3O2S. The molecule has 2 aromatic rings. The molecule has 3 rings (SSSR count). The van der Waals surface area contributed by atoms with Crippen LogP contribution in [0.4, 0.5) is 11.5 Å². The van der Waals surface area contributed by atoms with E-state index in [1.165, 1.54) is 25.7 Å². The van der Waals surface area contributed by atoms with E-state index >= 15 is 0 Å². The first-order chi connectivity index (χ1) is 12.8.